The summed E-state index contributed by atoms with van der Waals surface area (Å²) < 4.78 is 5.23. The van der Waals surface area contributed by atoms with E-state index in [0.717, 1.165) is 30.2 Å². The van der Waals surface area contributed by atoms with E-state index in [1.807, 2.05) is 31.2 Å². The van der Waals surface area contributed by atoms with Gasteiger partial charge in [0.2, 0.25) is 0 Å². The van der Waals surface area contributed by atoms with Crippen LogP contribution in [-0.4, -0.2) is 11.5 Å². The van der Waals surface area contributed by atoms with Crippen molar-refractivity contribution in [2.24, 2.45) is 0 Å². The van der Waals surface area contributed by atoms with Gasteiger partial charge in [-0.25, -0.2) is 4.98 Å². The number of furan rings is 1. The summed E-state index contributed by atoms with van der Waals surface area (Å²) in [5, 5.41) is 3.20. The molecule has 0 amide bonds. The topological polar surface area (TPSA) is 64.1 Å². The van der Waals surface area contributed by atoms with Crippen molar-refractivity contribution in [2.75, 3.05) is 17.6 Å². The normalized spacial score (nSPS) is 10.3. The Labute approximate surface area is 94.5 Å². The van der Waals surface area contributed by atoms with E-state index in [9.17, 15) is 0 Å². The van der Waals surface area contributed by atoms with Gasteiger partial charge in [0.15, 0.2) is 0 Å². The van der Waals surface area contributed by atoms with Crippen LogP contribution in [0.5, 0.6) is 0 Å². The lowest BCUT2D eigenvalue weighted by molar-refractivity contribution is 0.513. The maximum absolute atomic E-state index is 5.80. The smallest absolute Gasteiger partial charge is 0.149 e. The molecule has 0 saturated carbocycles. The van der Waals surface area contributed by atoms with E-state index in [1.165, 1.54) is 0 Å². The Morgan fingerprint density at radius 1 is 1.38 bits per heavy atom. The van der Waals surface area contributed by atoms with Gasteiger partial charge < -0.3 is 15.5 Å². The van der Waals surface area contributed by atoms with Crippen LogP contribution in [-0.2, 0) is 6.42 Å². The lowest BCUT2D eigenvalue weighted by Gasteiger charge is -2.07. The summed E-state index contributed by atoms with van der Waals surface area (Å²) in [5.74, 6) is 1.70. The maximum atomic E-state index is 5.80. The highest BCUT2D eigenvalue weighted by molar-refractivity contribution is 5.61. The molecule has 0 aliphatic carbocycles. The number of hydrogen-bond donors (Lipinski definition) is 2. The molecule has 0 radical (unpaired) electrons. The van der Waals surface area contributed by atoms with Crippen molar-refractivity contribution < 1.29 is 4.42 Å². The van der Waals surface area contributed by atoms with E-state index in [0.29, 0.717) is 5.69 Å². The van der Waals surface area contributed by atoms with Gasteiger partial charge in [0, 0.05) is 18.7 Å². The molecule has 0 atom stereocenters. The summed E-state index contributed by atoms with van der Waals surface area (Å²) in [7, 11) is 0. The van der Waals surface area contributed by atoms with E-state index in [2.05, 4.69) is 10.3 Å². The average molecular weight is 217 g/mol. The molecule has 0 aliphatic heterocycles. The fourth-order valence-corrected chi connectivity index (χ4v) is 1.47. The molecule has 16 heavy (non-hydrogen) atoms. The largest absolute Gasteiger partial charge is 0.469 e. The molecular weight excluding hydrogens is 202 g/mol. The number of nitrogen functional groups attached to an aromatic ring is 1. The Bertz CT molecular complexity index is 451. The first-order chi connectivity index (χ1) is 7.75. The van der Waals surface area contributed by atoms with Gasteiger partial charge in [0.05, 0.1) is 12.0 Å². The van der Waals surface area contributed by atoms with Crippen LogP contribution < -0.4 is 11.1 Å². The lowest BCUT2D eigenvalue weighted by Crippen LogP contribution is -2.08. The average Bonchev–Trinajstić information content (AvgIpc) is 2.76. The van der Waals surface area contributed by atoms with Crippen LogP contribution in [0.15, 0.2) is 34.9 Å². The zero-order valence-corrected chi connectivity index (χ0v) is 9.23. The number of pyridine rings is 1. The van der Waals surface area contributed by atoms with Gasteiger partial charge in [-0.1, -0.05) is 0 Å². The third kappa shape index (κ3) is 2.53. The van der Waals surface area contributed by atoms with Gasteiger partial charge in [-0.3, -0.25) is 0 Å². The zero-order chi connectivity index (χ0) is 11.4. The minimum atomic E-state index is 0.671. The second kappa shape index (κ2) is 4.70. The molecule has 3 N–H and O–H groups in total. The summed E-state index contributed by atoms with van der Waals surface area (Å²) in [6, 6.07) is 7.59. The summed E-state index contributed by atoms with van der Waals surface area (Å²) in [4.78, 5) is 4.32. The molecule has 0 bridgehead atoms. The minimum Gasteiger partial charge on any atom is -0.469 e. The van der Waals surface area contributed by atoms with Crippen LogP contribution in [0.4, 0.5) is 11.5 Å². The van der Waals surface area contributed by atoms with Crippen LogP contribution in [0, 0.1) is 6.92 Å². The monoisotopic (exact) mass is 217 g/mol. The summed E-state index contributed by atoms with van der Waals surface area (Å²) in [6.07, 6.45) is 2.50. The van der Waals surface area contributed by atoms with Crippen molar-refractivity contribution in [2.45, 2.75) is 13.3 Å². The Hall–Kier alpha value is -1.97. The molecular formula is C12H15N3O. The van der Waals surface area contributed by atoms with E-state index < -0.39 is 0 Å². The quantitative estimate of drug-likeness (QED) is 0.824. The van der Waals surface area contributed by atoms with Gasteiger partial charge >= 0.3 is 0 Å². The van der Waals surface area contributed by atoms with Crippen LogP contribution in [0.1, 0.15) is 11.5 Å². The third-order valence-corrected chi connectivity index (χ3v) is 2.31. The molecule has 84 valence electrons. The molecule has 0 saturated heterocycles. The standard InChI is InChI=1S/C12H15N3O/c1-9-4-5-11(13)12(15-9)14-7-6-10-3-2-8-16-10/h2-5,8H,6-7,13H2,1H3,(H,14,15). The van der Waals surface area contributed by atoms with Crippen LogP contribution in [0.2, 0.25) is 0 Å². The van der Waals surface area contributed by atoms with Crippen molar-refractivity contribution in [3.8, 4) is 0 Å². The number of nitrogens with zero attached hydrogens (tertiary/aromatic N) is 1. The Morgan fingerprint density at radius 2 is 2.25 bits per heavy atom. The number of aryl methyl sites for hydroxylation is 1. The van der Waals surface area contributed by atoms with Gasteiger partial charge in [-0.15, -0.1) is 0 Å². The fourth-order valence-electron chi connectivity index (χ4n) is 1.47. The molecule has 2 aromatic rings. The van der Waals surface area contributed by atoms with Crippen molar-refractivity contribution >= 4 is 11.5 Å². The molecule has 0 aliphatic rings. The fraction of sp³-hybridized carbons (Fsp3) is 0.250. The second-order valence-electron chi connectivity index (χ2n) is 3.65. The highest BCUT2D eigenvalue weighted by Gasteiger charge is 2.01. The van der Waals surface area contributed by atoms with Crippen LogP contribution in [0.25, 0.3) is 0 Å². The third-order valence-electron chi connectivity index (χ3n) is 2.31. The first-order valence-corrected chi connectivity index (χ1v) is 5.25. The van der Waals surface area contributed by atoms with E-state index in [4.69, 9.17) is 10.2 Å². The number of hydrogen-bond acceptors (Lipinski definition) is 4. The van der Waals surface area contributed by atoms with Crippen molar-refractivity contribution in [3.05, 3.63) is 42.0 Å². The molecule has 0 spiro atoms. The highest BCUT2D eigenvalue weighted by atomic mass is 16.3. The number of rotatable bonds is 4. The Balaban J connectivity index is 1.92. The molecule has 4 nitrogen and oxygen atoms in total. The molecule has 4 heteroatoms. The second-order valence-corrected chi connectivity index (χ2v) is 3.65. The van der Waals surface area contributed by atoms with Crippen LogP contribution >= 0.6 is 0 Å². The summed E-state index contributed by atoms with van der Waals surface area (Å²) in [5.41, 5.74) is 7.43. The van der Waals surface area contributed by atoms with Gasteiger partial charge in [-0.2, -0.15) is 0 Å². The first-order valence-electron chi connectivity index (χ1n) is 5.25. The van der Waals surface area contributed by atoms with E-state index in [1.54, 1.807) is 6.26 Å². The highest BCUT2D eigenvalue weighted by Crippen LogP contribution is 2.15. The molecule has 0 unspecified atom stereocenters. The molecule has 2 heterocycles. The molecule has 0 fully saturated rings. The number of anilines is 2. The number of nitrogens with two attached hydrogens (primary N) is 1. The SMILES string of the molecule is Cc1ccc(N)c(NCCc2ccco2)n1. The predicted molar refractivity (Wildman–Crippen MR) is 64.3 cm³/mol. The van der Waals surface area contributed by atoms with Crippen molar-refractivity contribution in [1.29, 1.82) is 0 Å². The van der Waals surface area contributed by atoms with E-state index in [-0.39, 0.29) is 0 Å². The Kier molecular flexibility index (Phi) is 3.10. The zero-order valence-electron chi connectivity index (χ0n) is 9.23. The van der Waals surface area contributed by atoms with E-state index >= 15 is 0 Å². The summed E-state index contributed by atoms with van der Waals surface area (Å²) >= 11 is 0. The Morgan fingerprint density at radius 3 is 3.00 bits per heavy atom. The minimum absolute atomic E-state index is 0.671. The lowest BCUT2D eigenvalue weighted by atomic mass is 10.3. The predicted octanol–water partition coefficient (Wildman–Crippen LogP) is 2.22. The van der Waals surface area contributed by atoms with Crippen LogP contribution in [0.3, 0.4) is 0 Å². The summed E-state index contributed by atoms with van der Waals surface area (Å²) in [6.45, 7) is 2.70. The van der Waals surface area contributed by atoms with Gasteiger partial charge in [-0.05, 0) is 31.2 Å². The van der Waals surface area contributed by atoms with Crippen molar-refractivity contribution in [1.82, 2.24) is 4.98 Å². The molecule has 2 rings (SSSR count). The first kappa shape index (κ1) is 10.5. The maximum Gasteiger partial charge on any atom is 0.149 e. The number of nitrogens with one attached hydrogen (secondary N) is 1. The molecule has 2 aromatic heterocycles. The molecule has 0 aromatic carbocycles. The van der Waals surface area contributed by atoms with Gasteiger partial charge in [0.25, 0.3) is 0 Å². The van der Waals surface area contributed by atoms with Crippen molar-refractivity contribution in [3.63, 3.8) is 0 Å². The number of aromatic nitrogens is 1. The van der Waals surface area contributed by atoms with Gasteiger partial charge in [0.1, 0.15) is 11.6 Å².